The van der Waals surface area contributed by atoms with Gasteiger partial charge in [-0.1, -0.05) is 0 Å². The lowest BCUT2D eigenvalue weighted by Crippen LogP contribution is -2.21. The summed E-state index contributed by atoms with van der Waals surface area (Å²) >= 11 is 2.13. The van der Waals surface area contributed by atoms with E-state index in [4.69, 9.17) is 4.74 Å². The van der Waals surface area contributed by atoms with Crippen molar-refractivity contribution in [2.24, 2.45) is 0 Å². The number of hydrogen-bond acceptors (Lipinski definition) is 8. The third-order valence-corrected chi connectivity index (χ3v) is 7.31. The smallest absolute Gasteiger partial charge is 0.341 e. The first-order valence-electron chi connectivity index (χ1n) is 9.94. The number of carbonyl (C=O) groups is 3. The summed E-state index contributed by atoms with van der Waals surface area (Å²) in [5.74, 6) is -1.38. The number of rotatable bonds is 6. The van der Waals surface area contributed by atoms with Gasteiger partial charge in [0.15, 0.2) is 0 Å². The number of esters is 1. The number of nitrogens with zero attached hydrogens (tertiary/aromatic N) is 3. The lowest BCUT2D eigenvalue weighted by Gasteiger charge is -2.09. The molecular formula is C21H24N4O5S2. The number of amides is 2. The van der Waals surface area contributed by atoms with Crippen molar-refractivity contribution in [1.82, 2.24) is 14.5 Å². The van der Waals surface area contributed by atoms with Gasteiger partial charge in [0, 0.05) is 20.6 Å². The quantitative estimate of drug-likeness (QED) is 0.547. The van der Waals surface area contributed by atoms with Crippen molar-refractivity contribution in [2.75, 3.05) is 26.0 Å². The van der Waals surface area contributed by atoms with Gasteiger partial charge in [0.1, 0.15) is 9.83 Å². The van der Waals surface area contributed by atoms with E-state index >= 15 is 0 Å². The molecule has 9 nitrogen and oxygen atoms in total. The zero-order valence-corrected chi connectivity index (χ0v) is 20.3. The monoisotopic (exact) mass is 476 g/mol. The Hall–Kier alpha value is -3.05. The van der Waals surface area contributed by atoms with Crippen molar-refractivity contribution in [3.05, 3.63) is 43.1 Å². The molecule has 11 heteroatoms. The second kappa shape index (κ2) is 9.21. The van der Waals surface area contributed by atoms with Crippen LogP contribution in [0.2, 0.25) is 0 Å². The molecule has 1 N–H and O–H groups in total. The molecule has 0 radical (unpaired) electrons. The highest BCUT2D eigenvalue weighted by atomic mass is 32.1. The second-order valence-electron chi connectivity index (χ2n) is 7.21. The van der Waals surface area contributed by atoms with Crippen LogP contribution in [0.5, 0.6) is 0 Å². The molecule has 0 fully saturated rings. The molecule has 0 aromatic carbocycles. The molecule has 0 spiro atoms. The molecule has 0 saturated carbocycles. The van der Waals surface area contributed by atoms with Gasteiger partial charge in [-0.25, -0.2) is 9.78 Å². The van der Waals surface area contributed by atoms with E-state index in [9.17, 15) is 19.2 Å². The molecule has 0 saturated heterocycles. The van der Waals surface area contributed by atoms with Crippen molar-refractivity contribution in [1.29, 1.82) is 0 Å². The van der Waals surface area contributed by atoms with Gasteiger partial charge >= 0.3 is 5.97 Å². The Balaban J connectivity index is 2.07. The summed E-state index contributed by atoms with van der Waals surface area (Å²) in [6.45, 7) is 7.50. The molecule has 32 heavy (non-hydrogen) atoms. The van der Waals surface area contributed by atoms with Crippen molar-refractivity contribution in [3.63, 3.8) is 0 Å². The summed E-state index contributed by atoms with van der Waals surface area (Å²) in [6.07, 6.45) is 1.46. The Morgan fingerprint density at radius 1 is 1.12 bits per heavy atom. The van der Waals surface area contributed by atoms with Gasteiger partial charge in [0.25, 0.3) is 17.4 Å². The summed E-state index contributed by atoms with van der Waals surface area (Å²) in [6, 6.07) is 0. The number of fused-ring (bicyclic) bond motifs is 1. The van der Waals surface area contributed by atoms with Crippen LogP contribution in [-0.4, -0.2) is 52.9 Å². The fourth-order valence-corrected chi connectivity index (χ4v) is 5.46. The summed E-state index contributed by atoms with van der Waals surface area (Å²) in [5, 5.41) is 3.39. The Morgan fingerprint density at radius 3 is 2.41 bits per heavy atom. The Bertz CT molecular complexity index is 1290. The van der Waals surface area contributed by atoms with E-state index in [-0.39, 0.29) is 28.6 Å². The minimum absolute atomic E-state index is 0.153. The molecule has 0 aliphatic carbocycles. The van der Waals surface area contributed by atoms with Crippen molar-refractivity contribution < 1.29 is 19.1 Å². The number of ether oxygens (including phenoxy) is 1. The maximum Gasteiger partial charge on any atom is 0.341 e. The van der Waals surface area contributed by atoms with Crippen LogP contribution in [0.15, 0.2) is 11.1 Å². The van der Waals surface area contributed by atoms with Crippen LogP contribution in [0.4, 0.5) is 5.00 Å². The van der Waals surface area contributed by atoms with Crippen LogP contribution in [0.1, 0.15) is 54.7 Å². The van der Waals surface area contributed by atoms with Crippen LogP contribution in [-0.2, 0) is 11.3 Å². The standard InChI is InChI=1S/C21H24N4O5S2/c1-7-25-9-22-17-12(19(25)27)10(3)14(31-17)16(26)23-18-13(21(29)30-8-2)11(4)15(32-18)20(28)24(5)6/h9H,7-8H2,1-6H3,(H,23,26). The minimum Gasteiger partial charge on any atom is -0.462 e. The molecule has 3 aromatic heterocycles. The molecule has 3 heterocycles. The summed E-state index contributed by atoms with van der Waals surface area (Å²) in [5.41, 5.74) is 0.922. The predicted octanol–water partition coefficient (Wildman–Crippen LogP) is 3.29. The number of anilines is 1. The summed E-state index contributed by atoms with van der Waals surface area (Å²) < 4.78 is 6.62. The fourth-order valence-electron chi connectivity index (χ4n) is 3.22. The van der Waals surface area contributed by atoms with E-state index in [2.05, 4.69) is 10.3 Å². The van der Waals surface area contributed by atoms with E-state index in [1.807, 2.05) is 6.92 Å². The Kier molecular flexibility index (Phi) is 6.79. The van der Waals surface area contributed by atoms with Crippen LogP contribution >= 0.6 is 22.7 Å². The zero-order chi connectivity index (χ0) is 23.7. The average Bonchev–Trinajstić information content (AvgIpc) is 3.25. The number of thiophene rings is 2. The second-order valence-corrected chi connectivity index (χ2v) is 9.23. The van der Waals surface area contributed by atoms with E-state index in [0.717, 1.165) is 22.7 Å². The number of aryl methyl sites for hydroxylation is 2. The number of aromatic nitrogens is 2. The zero-order valence-electron chi connectivity index (χ0n) is 18.7. The summed E-state index contributed by atoms with van der Waals surface area (Å²) in [4.78, 5) is 57.8. The normalized spacial score (nSPS) is 10.9. The number of hydrogen-bond donors (Lipinski definition) is 1. The predicted molar refractivity (Wildman–Crippen MR) is 125 cm³/mol. The van der Waals surface area contributed by atoms with Crippen molar-refractivity contribution >= 4 is 55.7 Å². The molecule has 0 aliphatic rings. The molecule has 0 aliphatic heterocycles. The van der Waals surface area contributed by atoms with Crippen LogP contribution in [0, 0.1) is 13.8 Å². The van der Waals surface area contributed by atoms with E-state index < -0.39 is 11.9 Å². The van der Waals surface area contributed by atoms with E-state index in [1.54, 1.807) is 34.9 Å². The molecule has 0 bridgehead atoms. The molecule has 0 atom stereocenters. The molecule has 3 aromatic rings. The minimum atomic E-state index is -0.616. The Morgan fingerprint density at radius 2 is 1.81 bits per heavy atom. The highest BCUT2D eigenvalue weighted by molar-refractivity contribution is 7.21. The molecule has 170 valence electrons. The van der Waals surface area contributed by atoms with Crippen LogP contribution in [0.25, 0.3) is 10.2 Å². The first-order valence-corrected chi connectivity index (χ1v) is 11.6. The van der Waals surface area contributed by atoms with Gasteiger partial charge in [-0.05, 0) is 38.8 Å². The molecule has 0 unspecified atom stereocenters. The van der Waals surface area contributed by atoms with Crippen molar-refractivity contribution in [2.45, 2.75) is 34.2 Å². The van der Waals surface area contributed by atoms with Gasteiger partial charge in [-0.3, -0.25) is 19.0 Å². The third kappa shape index (κ3) is 4.05. The van der Waals surface area contributed by atoms with E-state index in [1.165, 1.54) is 15.8 Å². The number of carbonyl (C=O) groups excluding carboxylic acids is 3. The SMILES string of the molecule is CCOC(=O)c1c(NC(=O)c2sc3ncn(CC)c(=O)c3c2C)sc(C(=O)N(C)C)c1C. The van der Waals surface area contributed by atoms with Gasteiger partial charge in [-0.15, -0.1) is 22.7 Å². The van der Waals surface area contributed by atoms with Crippen LogP contribution < -0.4 is 10.9 Å². The largest absolute Gasteiger partial charge is 0.462 e. The van der Waals surface area contributed by atoms with Gasteiger partial charge < -0.3 is 15.0 Å². The fraction of sp³-hybridized carbons (Fsp3) is 0.381. The average molecular weight is 477 g/mol. The van der Waals surface area contributed by atoms with Gasteiger partial charge in [-0.2, -0.15) is 0 Å². The molecular weight excluding hydrogens is 452 g/mol. The summed E-state index contributed by atoms with van der Waals surface area (Å²) in [7, 11) is 3.22. The molecule has 3 rings (SSSR count). The lowest BCUT2D eigenvalue weighted by atomic mass is 10.1. The van der Waals surface area contributed by atoms with E-state index in [0.29, 0.717) is 37.6 Å². The highest BCUT2D eigenvalue weighted by Crippen LogP contribution is 2.36. The van der Waals surface area contributed by atoms with Gasteiger partial charge in [0.05, 0.1) is 33.6 Å². The Labute approximate surface area is 192 Å². The highest BCUT2D eigenvalue weighted by Gasteiger charge is 2.28. The third-order valence-electron chi connectivity index (χ3n) is 4.92. The number of nitrogens with one attached hydrogen (secondary N) is 1. The first-order chi connectivity index (χ1) is 15.1. The molecule has 2 amide bonds. The van der Waals surface area contributed by atoms with Crippen LogP contribution in [0.3, 0.4) is 0 Å². The maximum atomic E-state index is 13.1. The van der Waals surface area contributed by atoms with Gasteiger partial charge in [0.2, 0.25) is 0 Å². The topological polar surface area (TPSA) is 111 Å². The first kappa shape index (κ1) is 23.6. The van der Waals surface area contributed by atoms with Crippen molar-refractivity contribution in [3.8, 4) is 0 Å². The maximum absolute atomic E-state index is 13.1. The lowest BCUT2D eigenvalue weighted by molar-refractivity contribution is 0.0527.